The van der Waals surface area contributed by atoms with Crippen LogP contribution in [0.3, 0.4) is 0 Å². The van der Waals surface area contributed by atoms with Crippen LogP contribution in [0, 0.1) is 0 Å². The maximum atomic E-state index is 5.37. The lowest BCUT2D eigenvalue weighted by atomic mass is 10.0. The molecule has 0 unspecified atom stereocenters. The molecule has 0 N–H and O–H groups in total. The highest BCUT2D eigenvalue weighted by atomic mass is 16.5. The number of hydrogen-bond acceptors (Lipinski definition) is 4. The molecule has 18 heavy (non-hydrogen) atoms. The average molecular weight is 237 g/mol. The summed E-state index contributed by atoms with van der Waals surface area (Å²) in [7, 11) is 1.67. The van der Waals surface area contributed by atoms with E-state index in [2.05, 4.69) is 21.5 Å². The molecule has 0 aliphatic carbocycles. The van der Waals surface area contributed by atoms with E-state index < -0.39 is 0 Å². The third-order valence-electron chi connectivity index (χ3n) is 2.88. The van der Waals surface area contributed by atoms with Gasteiger partial charge in [-0.2, -0.15) is 0 Å². The molecule has 0 saturated carbocycles. The summed E-state index contributed by atoms with van der Waals surface area (Å²) < 4.78 is 5.37. The second kappa shape index (κ2) is 4.41. The number of rotatable bonds is 2. The molecule has 0 aliphatic rings. The number of benzene rings is 2. The van der Waals surface area contributed by atoms with E-state index in [4.69, 9.17) is 4.74 Å². The van der Waals surface area contributed by atoms with Crippen LogP contribution in [0.1, 0.15) is 0 Å². The molecule has 1 heterocycles. The molecule has 4 nitrogen and oxygen atoms in total. The normalized spacial score (nSPS) is 10.5. The molecular weight excluding hydrogens is 226 g/mol. The summed E-state index contributed by atoms with van der Waals surface area (Å²) in [5.74, 6) is 0.858. The molecule has 1 aromatic heterocycles. The zero-order valence-electron chi connectivity index (χ0n) is 9.87. The van der Waals surface area contributed by atoms with Gasteiger partial charge in [0, 0.05) is 10.9 Å². The molecule has 88 valence electrons. The van der Waals surface area contributed by atoms with Gasteiger partial charge in [-0.05, 0) is 22.7 Å². The Kier molecular flexibility index (Phi) is 2.61. The minimum absolute atomic E-state index is 0.809. The maximum absolute atomic E-state index is 5.37. The first kappa shape index (κ1) is 10.7. The Balaban J connectivity index is 2.32. The Morgan fingerprint density at radius 2 is 1.78 bits per heavy atom. The predicted molar refractivity (Wildman–Crippen MR) is 69.3 cm³/mol. The Labute approximate surface area is 104 Å². The quantitative estimate of drug-likeness (QED) is 0.687. The number of hydrogen-bond donors (Lipinski definition) is 0. The summed E-state index contributed by atoms with van der Waals surface area (Å²) >= 11 is 0. The molecule has 3 rings (SSSR count). The highest BCUT2D eigenvalue weighted by Gasteiger charge is 2.07. The Bertz CT molecular complexity index is 683. The number of methoxy groups -OCH3 is 1. The van der Waals surface area contributed by atoms with Crippen LogP contribution in [0.5, 0.6) is 5.75 Å². The van der Waals surface area contributed by atoms with Gasteiger partial charge in [-0.25, -0.2) is 0 Å². The molecule has 0 bridgehead atoms. The molecule has 3 aromatic rings. The van der Waals surface area contributed by atoms with Crippen LogP contribution in [0.2, 0.25) is 0 Å². The van der Waals surface area contributed by atoms with E-state index in [1.165, 1.54) is 0 Å². The topological polar surface area (TPSA) is 47.9 Å². The molecule has 4 heteroatoms. The van der Waals surface area contributed by atoms with E-state index in [1.807, 2.05) is 36.4 Å². The monoisotopic (exact) mass is 237 g/mol. The second-order valence-electron chi connectivity index (χ2n) is 3.87. The third kappa shape index (κ3) is 1.68. The maximum Gasteiger partial charge on any atom is 0.126 e. The van der Waals surface area contributed by atoms with Crippen molar-refractivity contribution in [3.63, 3.8) is 0 Å². The Hall–Kier alpha value is -2.49. The standard InChI is InChI=1S/C14H11N3O/c1-18-14-7-3-4-10-11(5-2-6-12(10)14)13-8-9-15-17-16-13/h2-9H,1H3. The molecular formula is C14H11N3O. The lowest BCUT2D eigenvalue weighted by Crippen LogP contribution is -1.91. The molecule has 0 atom stereocenters. The Morgan fingerprint density at radius 1 is 0.944 bits per heavy atom. The summed E-state index contributed by atoms with van der Waals surface area (Å²) in [6, 6.07) is 13.9. The first-order valence-corrected chi connectivity index (χ1v) is 5.60. The summed E-state index contributed by atoms with van der Waals surface area (Å²) in [6.07, 6.45) is 1.64. The largest absolute Gasteiger partial charge is 0.496 e. The molecule has 0 amide bonds. The molecule has 2 aromatic carbocycles. The lowest BCUT2D eigenvalue weighted by molar-refractivity contribution is 0.420. The van der Waals surface area contributed by atoms with Gasteiger partial charge in [0.25, 0.3) is 0 Å². The van der Waals surface area contributed by atoms with Crippen LogP contribution in [0.25, 0.3) is 22.0 Å². The van der Waals surface area contributed by atoms with Gasteiger partial charge in [0.05, 0.1) is 19.0 Å². The SMILES string of the molecule is COc1cccc2c(-c3ccnnn3)cccc12. The number of aromatic nitrogens is 3. The third-order valence-corrected chi connectivity index (χ3v) is 2.88. The number of ether oxygens (including phenoxy) is 1. The highest BCUT2D eigenvalue weighted by molar-refractivity contribution is 5.99. The van der Waals surface area contributed by atoms with E-state index in [9.17, 15) is 0 Å². The first-order chi connectivity index (χ1) is 8.90. The fraction of sp³-hybridized carbons (Fsp3) is 0.0714. The van der Waals surface area contributed by atoms with Gasteiger partial charge < -0.3 is 4.74 Å². The van der Waals surface area contributed by atoms with Crippen molar-refractivity contribution in [1.29, 1.82) is 0 Å². The van der Waals surface area contributed by atoms with Crippen molar-refractivity contribution < 1.29 is 4.74 Å². The molecule has 0 saturated heterocycles. The van der Waals surface area contributed by atoms with Crippen molar-refractivity contribution in [2.24, 2.45) is 0 Å². The van der Waals surface area contributed by atoms with E-state index in [0.29, 0.717) is 0 Å². The zero-order valence-corrected chi connectivity index (χ0v) is 9.87. The van der Waals surface area contributed by atoms with E-state index >= 15 is 0 Å². The highest BCUT2D eigenvalue weighted by Crippen LogP contribution is 2.32. The predicted octanol–water partition coefficient (Wildman–Crippen LogP) is 2.70. The van der Waals surface area contributed by atoms with Crippen molar-refractivity contribution in [2.45, 2.75) is 0 Å². The molecule has 0 radical (unpaired) electrons. The van der Waals surface area contributed by atoms with Crippen LogP contribution >= 0.6 is 0 Å². The van der Waals surface area contributed by atoms with Crippen molar-refractivity contribution in [1.82, 2.24) is 15.4 Å². The van der Waals surface area contributed by atoms with Gasteiger partial charge in [0.1, 0.15) is 5.75 Å². The second-order valence-corrected chi connectivity index (χ2v) is 3.87. The van der Waals surface area contributed by atoms with Crippen LogP contribution in [-0.4, -0.2) is 22.5 Å². The summed E-state index contributed by atoms with van der Waals surface area (Å²) in [6.45, 7) is 0. The van der Waals surface area contributed by atoms with Crippen molar-refractivity contribution in [3.05, 3.63) is 48.7 Å². The summed E-state index contributed by atoms with van der Waals surface area (Å²) in [5, 5.41) is 13.6. The van der Waals surface area contributed by atoms with Gasteiger partial charge >= 0.3 is 0 Å². The number of nitrogens with zero attached hydrogens (tertiary/aromatic N) is 3. The lowest BCUT2D eigenvalue weighted by Gasteiger charge is -2.08. The summed E-state index contributed by atoms with van der Waals surface area (Å²) in [5.41, 5.74) is 1.84. The van der Waals surface area contributed by atoms with Gasteiger partial charge in [0.2, 0.25) is 0 Å². The van der Waals surface area contributed by atoms with Crippen LogP contribution in [-0.2, 0) is 0 Å². The molecule has 0 fully saturated rings. The van der Waals surface area contributed by atoms with Crippen molar-refractivity contribution in [3.8, 4) is 17.0 Å². The molecule has 0 spiro atoms. The molecule has 0 aliphatic heterocycles. The summed E-state index contributed by atoms with van der Waals surface area (Å²) in [4.78, 5) is 0. The Morgan fingerprint density at radius 3 is 2.56 bits per heavy atom. The number of fused-ring (bicyclic) bond motifs is 1. The van der Waals surface area contributed by atoms with E-state index in [1.54, 1.807) is 13.3 Å². The van der Waals surface area contributed by atoms with Gasteiger partial charge in [-0.3, -0.25) is 0 Å². The van der Waals surface area contributed by atoms with Crippen LogP contribution < -0.4 is 4.74 Å². The fourth-order valence-corrected chi connectivity index (χ4v) is 2.07. The van der Waals surface area contributed by atoms with Crippen LogP contribution in [0.4, 0.5) is 0 Å². The smallest absolute Gasteiger partial charge is 0.126 e. The average Bonchev–Trinajstić information content (AvgIpc) is 2.47. The van der Waals surface area contributed by atoms with Gasteiger partial charge in [-0.15, -0.1) is 10.2 Å². The van der Waals surface area contributed by atoms with E-state index in [-0.39, 0.29) is 0 Å². The minimum Gasteiger partial charge on any atom is -0.496 e. The van der Waals surface area contributed by atoms with Crippen molar-refractivity contribution >= 4 is 10.8 Å². The van der Waals surface area contributed by atoms with Crippen molar-refractivity contribution in [2.75, 3.05) is 7.11 Å². The van der Waals surface area contributed by atoms with Crippen LogP contribution in [0.15, 0.2) is 48.7 Å². The van der Waals surface area contributed by atoms with Gasteiger partial charge in [0.15, 0.2) is 0 Å². The van der Waals surface area contributed by atoms with E-state index in [0.717, 1.165) is 27.8 Å². The van der Waals surface area contributed by atoms with Gasteiger partial charge in [-0.1, -0.05) is 30.3 Å². The fourth-order valence-electron chi connectivity index (χ4n) is 2.07. The minimum atomic E-state index is 0.809. The first-order valence-electron chi connectivity index (χ1n) is 5.60. The zero-order chi connectivity index (χ0) is 12.4.